The molecule has 2 rings (SSSR count). The van der Waals surface area contributed by atoms with Gasteiger partial charge >= 0.3 is 0 Å². The molecule has 5 heteroatoms. The van der Waals surface area contributed by atoms with Gasteiger partial charge in [0.05, 0.1) is 10.9 Å². The molecule has 0 fully saturated rings. The van der Waals surface area contributed by atoms with Crippen LogP contribution in [0.25, 0.3) is 10.9 Å². The molecule has 0 saturated heterocycles. The van der Waals surface area contributed by atoms with Crippen LogP contribution in [0.2, 0.25) is 0 Å². The summed E-state index contributed by atoms with van der Waals surface area (Å²) in [6.07, 6.45) is 0. The second-order valence-corrected chi connectivity index (χ2v) is 2.78. The van der Waals surface area contributed by atoms with Crippen molar-refractivity contribution >= 4 is 24.6 Å². The molecule has 0 spiro atoms. The van der Waals surface area contributed by atoms with Crippen LogP contribution in [0.15, 0.2) is 23.0 Å². The molecule has 0 amide bonds. The number of benzene rings is 1. The smallest absolute Gasteiger partial charge is 0.270 e. The number of hydrogen-bond acceptors (Lipinski definition) is 2. The highest BCUT2D eigenvalue weighted by molar-refractivity contribution is 6.10. The van der Waals surface area contributed by atoms with Gasteiger partial charge in [0.15, 0.2) is 0 Å². The van der Waals surface area contributed by atoms with Gasteiger partial charge in [0.2, 0.25) is 7.98 Å². The molecule has 1 heterocycles. The first kappa shape index (κ1) is 7.03. The van der Waals surface area contributed by atoms with E-state index >= 15 is 0 Å². The number of rotatable bonds is 0. The van der Waals surface area contributed by atoms with Gasteiger partial charge in [-0.05, 0) is 18.2 Å². The zero-order valence-electron chi connectivity index (χ0n) is 6.66. The third-order valence-electron chi connectivity index (χ3n) is 1.90. The maximum Gasteiger partial charge on any atom is 0.270 e. The Balaban J connectivity index is 3.00. The molecule has 60 valence electrons. The van der Waals surface area contributed by atoms with E-state index in [4.69, 9.17) is 5.73 Å². The van der Waals surface area contributed by atoms with Gasteiger partial charge in [-0.15, -0.1) is 0 Å². The van der Waals surface area contributed by atoms with Crippen LogP contribution in [0.4, 0.5) is 5.69 Å². The van der Waals surface area contributed by atoms with E-state index in [9.17, 15) is 4.79 Å². The number of hydrogen-bond donors (Lipinski definition) is 2. The van der Waals surface area contributed by atoms with E-state index in [1.54, 1.807) is 30.8 Å². The maximum absolute atomic E-state index is 11.2. The Kier molecular flexibility index (Phi) is 1.27. The van der Waals surface area contributed by atoms with Gasteiger partial charge in [-0.25, -0.2) is 0 Å². The molecule has 0 radical (unpaired) electrons. The summed E-state index contributed by atoms with van der Waals surface area (Å²) in [5.74, 6) is 0. The Morgan fingerprint density at radius 3 is 3.00 bits per heavy atom. The number of nitrogens with one attached hydrogen (secondary N) is 1. The molecule has 0 unspecified atom stereocenters. The lowest BCUT2D eigenvalue weighted by Gasteiger charge is -1.95. The van der Waals surface area contributed by atoms with Crippen LogP contribution >= 0.6 is 0 Å². The van der Waals surface area contributed by atoms with Crippen molar-refractivity contribution in [3.05, 3.63) is 28.6 Å². The summed E-state index contributed by atoms with van der Waals surface area (Å²) in [4.78, 5) is 11.2. The van der Waals surface area contributed by atoms with E-state index in [2.05, 4.69) is 5.10 Å². The molecule has 0 atom stereocenters. The molecule has 2 aromatic rings. The monoisotopic (exact) mass is 161 g/mol. The second-order valence-electron chi connectivity index (χ2n) is 2.78. The molecular formula is C7H8BN3O. The van der Waals surface area contributed by atoms with E-state index < -0.39 is 0 Å². The van der Waals surface area contributed by atoms with Crippen LogP contribution < -0.4 is 11.3 Å². The molecule has 1 aromatic carbocycles. The van der Waals surface area contributed by atoms with Crippen molar-refractivity contribution in [2.24, 2.45) is 0 Å². The predicted molar refractivity (Wildman–Crippen MR) is 50.9 cm³/mol. The second kappa shape index (κ2) is 2.17. The van der Waals surface area contributed by atoms with Gasteiger partial charge in [0.1, 0.15) is 0 Å². The minimum absolute atomic E-state index is 0.0764. The molecule has 0 saturated carbocycles. The van der Waals surface area contributed by atoms with Crippen molar-refractivity contribution in [1.82, 2.24) is 9.69 Å². The quantitative estimate of drug-likeness (QED) is 0.396. The Morgan fingerprint density at radius 1 is 1.50 bits per heavy atom. The third kappa shape index (κ3) is 0.829. The molecular weight excluding hydrogens is 153 g/mol. The number of nitrogens with zero attached hydrogens (tertiary/aromatic N) is 1. The first-order valence-electron chi connectivity index (χ1n) is 3.63. The molecule has 1 aromatic heterocycles. The van der Waals surface area contributed by atoms with Crippen molar-refractivity contribution in [2.75, 3.05) is 5.73 Å². The fourth-order valence-electron chi connectivity index (χ4n) is 1.29. The lowest BCUT2D eigenvalue weighted by molar-refractivity contribution is 0.993. The summed E-state index contributed by atoms with van der Waals surface area (Å²) in [5, 5.41) is 3.32. The average molecular weight is 161 g/mol. The largest absolute Gasteiger partial charge is 0.399 e. The zero-order chi connectivity index (χ0) is 8.72. The summed E-state index contributed by atoms with van der Waals surface area (Å²) >= 11 is 0. The number of fused-ring (bicyclic) bond motifs is 1. The minimum atomic E-state index is -0.0764. The van der Waals surface area contributed by atoms with Crippen LogP contribution in [0.1, 0.15) is 0 Å². The SMILES string of the molecule is Bn1[nH]c(=O)c2ccc(N)cc21. The molecule has 4 nitrogen and oxygen atoms in total. The van der Waals surface area contributed by atoms with Gasteiger partial charge < -0.3 is 10.3 Å². The van der Waals surface area contributed by atoms with E-state index in [1.807, 2.05) is 0 Å². The van der Waals surface area contributed by atoms with Crippen LogP contribution in [0.3, 0.4) is 0 Å². The van der Waals surface area contributed by atoms with Gasteiger partial charge in [0, 0.05) is 5.69 Å². The van der Waals surface area contributed by atoms with Crippen molar-refractivity contribution in [2.45, 2.75) is 0 Å². The van der Waals surface area contributed by atoms with Crippen LogP contribution in [0, 0.1) is 0 Å². The summed E-state index contributed by atoms with van der Waals surface area (Å²) in [6, 6.07) is 5.22. The van der Waals surface area contributed by atoms with Gasteiger partial charge in [0.25, 0.3) is 5.56 Å². The Bertz CT molecular complexity index is 485. The Hall–Kier alpha value is -1.65. The summed E-state index contributed by atoms with van der Waals surface area (Å²) in [5.41, 5.74) is 6.99. The van der Waals surface area contributed by atoms with Crippen LogP contribution in [-0.4, -0.2) is 17.7 Å². The summed E-state index contributed by atoms with van der Waals surface area (Å²) < 4.78 is 1.66. The van der Waals surface area contributed by atoms with Crippen LogP contribution in [0.5, 0.6) is 0 Å². The fourth-order valence-corrected chi connectivity index (χ4v) is 1.29. The number of aromatic nitrogens is 2. The number of nitrogens with two attached hydrogens (primary N) is 1. The number of aromatic amines is 1. The van der Waals surface area contributed by atoms with Crippen molar-refractivity contribution < 1.29 is 0 Å². The molecule has 0 aliphatic heterocycles. The fraction of sp³-hybridized carbons (Fsp3) is 0. The van der Waals surface area contributed by atoms with Gasteiger partial charge in [-0.1, -0.05) is 0 Å². The molecule has 12 heavy (non-hydrogen) atoms. The molecule has 0 bridgehead atoms. The highest BCUT2D eigenvalue weighted by atomic mass is 16.1. The first-order chi connectivity index (χ1) is 5.68. The van der Waals surface area contributed by atoms with Gasteiger partial charge in [-0.3, -0.25) is 9.89 Å². The minimum Gasteiger partial charge on any atom is -0.399 e. The van der Waals surface area contributed by atoms with Gasteiger partial charge in [-0.2, -0.15) is 0 Å². The lowest BCUT2D eigenvalue weighted by Crippen LogP contribution is -2.02. The molecule has 0 aliphatic rings. The maximum atomic E-state index is 11.2. The van der Waals surface area contributed by atoms with E-state index in [0.717, 1.165) is 5.52 Å². The Morgan fingerprint density at radius 2 is 2.25 bits per heavy atom. The zero-order valence-corrected chi connectivity index (χ0v) is 6.66. The number of H-pyrrole nitrogens is 1. The summed E-state index contributed by atoms with van der Waals surface area (Å²) in [6.45, 7) is 0. The summed E-state index contributed by atoms with van der Waals surface area (Å²) in [7, 11) is 1.78. The third-order valence-corrected chi connectivity index (χ3v) is 1.90. The van der Waals surface area contributed by atoms with E-state index in [0.29, 0.717) is 11.1 Å². The highest BCUT2D eigenvalue weighted by Gasteiger charge is 2.01. The topological polar surface area (TPSA) is 63.8 Å². The number of nitrogen functional groups attached to an aromatic ring is 1. The average Bonchev–Trinajstić information content (AvgIpc) is 2.28. The lowest BCUT2D eigenvalue weighted by atomic mass is 10.2. The highest BCUT2D eigenvalue weighted by Crippen LogP contribution is 2.11. The van der Waals surface area contributed by atoms with E-state index in [1.165, 1.54) is 0 Å². The van der Waals surface area contributed by atoms with E-state index in [-0.39, 0.29) is 5.56 Å². The Labute approximate surface area is 69.4 Å². The normalized spacial score (nSPS) is 10.7. The van der Waals surface area contributed by atoms with Crippen LogP contribution in [-0.2, 0) is 0 Å². The standard InChI is InChI=1S/C7H8BN3O/c8-11-6-3-4(9)1-2-5(6)7(12)10-11/h1-3H,8-9H2,(H,10,12). The predicted octanol–water partition coefficient (Wildman–Crippen LogP) is -0.692. The molecule has 0 aliphatic carbocycles. The van der Waals surface area contributed by atoms with Crippen molar-refractivity contribution in [3.63, 3.8) is 0 Å². The van der Waals surface area contributed by atoms with Crippen molar-refractivity contribution in [1.29, 1.82) is 0 Å². The first-order valence-corrected chi connectivity index (χ1v) is 3.63. The molecule has 3 N–H and O–H groups in total. The van der Waals surface area contributed by atoms with Crippen molar-refractivity contribution in [3.8, 4) is 0 Å². The number of anilines is 1.